The fourth-order valence-electron chi connectivity index (χ4n) is 3.14. The van der Waals surface area contributed by atoms with Crippen molar-refractivity contribution in [2.24, 2.45) is 0 Å². The summed E-state index contributed by atoms with van der Waals surface area (Å²) >= 11 is 0. The van der Waals surface area contributed by atoms with Gasteiger partial charge in [0.15, 0.2) is 0 Å². The van der Waals surface area contributed by atoms with E-state index in [-0.39, 0.29) is 16.8 Å². The summed E-state index contributed by atoms with van der Waals surface area (Å²) in [7, 11) is 2.41. The van der Waals surface area contributed by atoms with E-state index in [1.54, 1.807) is 6.07 Å². The molecular weight excluding hydrogens is 382 g/mol. The van der Waals surface area contributed by atoms with E-state index < -0.39 is 17.8 Å². The number of amides is 1. The Morgan fingerprint density at radius 1 is 0.833 bits per heavy atom. The molecule has 0 spiro atoms. The first-order valence-electron chi connectivity index (χ1n) is 9.22. The molecule has 6 heteroatoms. The number of esters is 2. The standard InChI is InChI=1S/C24H21NO5/c1-15(17-12-11-16-7-4-5-8-18(16)14-17)13-21(26)25-20-10-6-9-19(23(27)29-2)22(20)24(28)30-3/h4-14H,1-3H3,(H,25,26)/b15-13-. The third-order valence-corrected chi connectivity index (χ3v) is 4.67. The van der Waals surface area contributed by atoms with Gasteiger partial charge in [-0.05, 0) is 47.0 Å². The van der Waals surface area contributed by atoms with Crippen LogP contribution in [0.5, 0.6) is 0 Å². The van der Waals surface area contributed by atoms with Crippen molar-refractivity contribution in [1.82, 2.24) is 0 Å². The highest BCUT2D eigenvalue weighted by Crippen LogP contribution is 2.24. The van der Waals surface area contributed by atoms with Crippen LogP contribution in [-0.2, 0) is 14.3 Å². The van der Waals surface area contributed by atoms with E-state index in [4.69, 9.17) is 9.47 Å². The van der Waals surface area contributed by atoms with Gasteiger partial charge in [0.25, 0.3) is 0 Å². The van der Waals surface area contributed by atoms with Crippen LogP contribution in [0.4, 0.5) is 5.69 Å². The number of methoxy groups -OCH3 is 2. The van der Waals surface area contributed by atoms with Crippen LogP contribution < -0.4 is 5.32 Å². The van der Waals surface area contributed by atoms with E-state index in [1.807, 2.05) is 49.4 Å². The number of carbonyl (C=O) groups is 3. The summed E-state index contributed by atoms with van der Waals surface area (Å²) in [4.78, 5) is 36.9. The van der Waals surface area contributed by atoms with Crippen LogP contribution in [0.25, 0.3) is 16.3 Å². The van der Waals surface area contributed by atoms with Crippen LogP contribution in [-0.4, -0.2) is 32.1 Å². The molecule has 1 amide bonds. The van der Waals surface area contributed by atoms with Gasteiger partial charge in [0, 0.05) is 6.08 Å². The zero-order valence-corrected chi connectivity index (χ0v) is 16.9. The first kappa shape index (κ1) is 20.8. The fraction of sp³-hybridized carbons (Fsp3) is 0.125. The summed E-state index contributed by atoms with van der Waals surface area (Å²) < 4.78 is 9.49. The molecule has 30 heavy (non-hydrogen) atoms. The lowest BCUT2D eigenvalue weighted by Gasteiger charge is -2.12. The number of rotatable bonds is 5. The van der Waals surface area contributed by atoms with Crippen LogP contribution in [0.1, 0.15) is 33.2 Å². The van der Waals surface area contributed by atoms with E-state index in [2.05, 4.69) is 5.32 Å². The van der Waals surface area contributed by atoms with Gasteiger partial charge >= 0.3 is 11.9 Å². The Morgan fingerprint density at radius 3 is 2.23 bits per heavy atom. The molecule has 0 aliphatic heterocycles. The number of allylic oxidation sites excluding steroid dienone is 1. The molecule has 3 aromatic rings. The summed E-state index contributed by atoms with van der Waals surface area (Å²) in [6, 6.07) is 18.4. The molecule has 1 N–H and O–H groups in total. The molecule has 0 aromatic heterocycles. The van der Waals surface area contributed by atoms with Gasteiger partial charge in [0.05, 0.1) is 31.0 Å². The zero-order valence-electron chi connectivity index (χ0n) is 16.9. The van der Waals surface area contributed by atoms with Gasteiger partial charge in [-0.1, -0.05) is 42.5 Å². The van der Waals surface area contributed by atoms with E-state index >= 15 is 0 Å². The first-order chi connectivity index (χ1) is 14.4. The summed E-state index contributed by atoms with van der Waals surface area (Å²) in [6.45, 7) is 1.83. The van der Waals surface area contributed by atoms with E-state index in [0.29, 0.717) is 0 Å². The first-order valence-corrected chi connectivity index (χ1v) is 9.22. The molecule has 0 fully saturated rings. The van der Waals surface area contributed by atoms with Crippen molar-refractivity contribution in [3.8, 4) is 0 Å². The minimum Gasteiger partial charge on any atom is -0.465 e. The maximum atomic E-state index is 12.6. The second-order valence-corrected chi connectivity index (χ2v) is 6.59. The normalized spacial score (nSPS) is 11.1. The predicted molar refractivity (Wildman–Crippen MR) is 115 cm³/mol. The van der Waals surface area contributed by atoms with Gasteiger partial charge in [-0.3, -0.25) is 4.79 Å². The Hall–Kier alpha value is -3.93. The van der Waals surface area contributed by atoms with Gasteiger partial charge in [-0.15, -0.1) is 0 Å². The third-order valence-electron chi connectivity index (χ3n) is 4.67. The Morgan fingerprint density at radius 2 is 1.53 bits per heavy atom. The molecule has 6 nitrogen and oxygen atoms in total. The predicted octanol–water partition coefficient (Wildman–Crippen LogP) is 4.46. The maximum Gasteiger partial charge on any atom is 0.340 e. The molecule has 0 atom stereocenters. The highest BCUT2D eigenvalue weighted by molar-refractivity contribution is 6.11. The number of benzene rings is 3. The van der Waals surface area contributed by atoms with Gasteiger partial charge in [0.1, 0.15) is 0 Å². The number of nitrogens with one attached hydrogen (secondary N) is 1. The molecule has 0 saturated carbocycles. The fourth-order valence-corrected chi connectivity index (χ4v) is 3.14. The quantitative estimate of drug-likeness (QED) is 0.503. The summed E-state index contributed by atoms with van der Waals surface area (Å²) in [5.41, 5.74) is 1.77. The van der Waals surface area contributed by atoms with Crippen LogP contribution in [0.3, 0.4) is 0 Å². The summed E-state index contributed by atoms with van der Waals surface area (Å²) in [6.07, 6.45) is 1.44. The molecule has 3 aromatic carbocycles. The number of anilines is 1. The minimum absolute atomic E-state index is 0.0115. The maximum absolute atomic E-state index is 12.6. The Balaban J connectivity index is 1.91. The van der Waals surface area contributed by atoms with Crippen molar-refractivity contribution >= 4 is 39.9 Å². The average Bonchev–Trinajstić information content (AvgIpc) is 2.77. The van der Waals surface area contributed by atoms with Crippen molar-refractivity contribution in [1.29, 1.82) is 0 Å². The smallest absolute Gasteiger partial charge is 0.340 e. The van der Waals surface area contributed by atoms with Crippen molar-refractivity contribution in [3.05, 3.63) is 83.4 Å². The number of fused-ring (bicyclic) bond motifs is 1. The molecule has 0 bridgehead atoms. The Labute approximate surface area is 174 Å². The highest BCUT2D eigenvalue weighted by Gasteiger charge is 2.23. The molecule has 0 aliphatic rings. The lowest BCUT2D eigenvalue weighted by molar-refractivity contribution is -0.111. The Bertz CT molecular complexity index is 1160. The topological polar surface area (TPSA) is 81.7 Å². The van der Waals surface area contributed by atoms with Crippen molar-refractivity contribution in [3.63, 3.8) is 0 Å². The average molecular weight is 403 g/mol. The van der Waals surface area contributed by atoms with Gasteiger partial charge < -0.3 is 14.8 Å². The van der Waals surface area contributed by atoms with Crippen LogP contribution in [0.15, 0.2) is 66.7 Å². The van der Waals surface area contributed by atoms with E-state index in [0.717, 1.165) is 21.9 Å². The highest BCUT2D eigenvalue weighted by atomic mass is 16.5. The lowest BCUT2D eigenvalue weighted by Crippen LogP contribution is -2.17. The molecule has 0 unspecified atom stereocenters. The van der Waals surface area contributed by atoms with E-state index in [1.165, 1.54) is 32.4 Å². The van der Waals surface area contributed by atoms with Crippen LogP contribution in [0.2, 0.25) is 0 Å². The molecule has 0 saturated heterocycles. The molecule has 3 rings (SSSR count). The van der Waals surface area contributed by atoms with Crippen molar-refractivity contribution < 1.29 is 23.9 Å². The van der Waals surface area contributed by atoms with Crippen LogP contribution in [0, 0.1) is 0 Å². The van der Waals surface area contributed by atoms with E-state index in [9.17, 15) is 14.4 Å². The molecule has 152 valence electrons. The van der Waals surface area contributed by atoms with Gasteiger partial charge in [-0.2, -0.15) is 0 Å². The SMILES string of the molecule is COC(=O)c1cccc(NC(=O)/C=C(/C)c2ccc3ccccc3c2)c1C(=O)OC. The summed E-state index contributed by atoms with van der Waals surface area (Å²) in [5.74, 6) is -1.89. The number of ether oxygens (including phenoxy) is 2. The van der Waals surface area contributed by atoms with Gasteiger partial charge in [-0.25, -0.2) is 9.59 Å². The molecule has 0 heterocycles. The third kappa shape index (κ3) is 4.38. The van der Waals surface area contributed by atoms with Gasteiger partial charge in [0.2, 0.25) is 5.91 Å². The monoisotopic (exact) mass is 403 g/mol. The number of hydrogen-bond acceptors (Lipinski definition) is 5. The largest absolute Gasteiger partial charge is 0.465 e. The molecule has 0 aliphatic carbocycles. The lowest BCUT2D eigenvalue weighted by atomic mass is 10.0. The second-order valence-electron chi connectivity index (χ2n) is 6.59. The van der Waals surface area contributed by atoms with Crippen LogP contribution >= 0.6 is 0 Å². The minimum atomic E-state index is -0.749. The van der Waals surface area contributed by atoms with Crippen molar-refractivity contribution in [2.75, 3.05) is 19.5 Å². The zero-order chi connectivity index (χ0) is 21.7. The number of carbonyl (C=O) groups excluding carboxylic acids is 3. The Kier molecular flexibility index (Phi) is 6.27. The second kappa shape index (κ2) is 9.05. The molecular formula is C24H21NO5. The summed E-state index contributed by atoms with van der Waals surface area (Å²) in [5, 5.41) is 4.84. The number of hydrogen-bond donors (Lipinski definition) is 1. The molecule has 0 radical (unpaired) electrons. The van der Waals surface area contributed by atoms with Crippen molar-refractivity contribution in [2.45, 2.75) is 6.92 Å².